The average molecular weight is 253 g/mol. The summed E-state index contributed by atoms with van der Waals surface area (Å²) in [6.07, 6.45) is 6.77. The largest absolute Gasteiger partial charge is 0.392 e. The molecule has 104 valence electrons. The molecule has 0 amide bonds. The molecule has 0 spiro atoms. The van der Waals surface area contributed by atoms with E-state index in [1.807, 2.05) is 12.4 Å². The normalized spacial score (nSPS) is 13.2. The van der Waals surface area contributed by atoms with Gasteiger partial charge in [0, 0.05) is 25.5 Å². The van der Waals surface area contributed by atoms with Gasteiger partial charge in [0.1, 0.15) is 5.82 Å². The van der Waals surface area contributed by atoms with Crippen molar-refractivity contribution >= 4 is 0 Å². The highest BCUT2D eigenvalue weighted by molar-refractivity contribution is 4.92. The van der Waals surface area contributed by atoms with Crippen LogP contribution >= 0.6 is 0 Å². The molecule has 0 aliphatic heterocycles. The summed E-state index contributed by atoms with van der Waals surface area (Å²) in [6.45, 7) is 8.80. The molecule has 18 heavy (non-hydrogen) atoms. The van der Waals surface area contributed by atoms with Gasteiger partial charge in [-0.1, -0.05) is 33.6 Å². The molecule has 1 aromatic rings. The third-order valence-corrected chi connectivity index (χ3v) is 3.50. The maximum atomic E-state index is 10.0. The SMILES string of the molecule is CCCn1ccnc1CNCC(O)C(CC)CC. The molecule has 4 nitrogen and oxygen atoms in total. The summed E-state index contributed by atoms with van der Waals surface area (Å²) in [5.74, 6) is 1.45. The Hall–Kier alpha value is -0.870. The molecule has 0 aromatic carbocycles. The van der Waals surface area contributed by atoms with Gasteiger partial charge in [0.05, 0.1) is 12.6 Å². The Morgan fingerprint density at radius 1 is 1.33 bits per heavy atom. The number of aryl methyl sites for hydroxylation is 1. The van der Waals surface area contributed by atoms with E-state index in [0.717, 1.165) is 38.2 Å². The van der Waals surface area contributed by atoms with Gasteiger partial charge in [-0.05, 0) is 12.3 Å². The lowest BCUT2D eigenvalue weighted by Crippen LogP contribution is -2.32. The minimum Gasteiger partial charge on any atom is -0.392 e. The summed E-state index contributed by atoms with van der Waals surface area (Å²) in [5, 5.41) is 13.3. The van der Waals surface area contributed by atoms with E-state index < -0.39 is 0 Å². The maximum absolute atomic E-state index is 10.0. The molecule has 1 aromatic heterocycles. The minimum absolute atomic E-state index is 0.255. The van der Waals surface area contributed by atoms with Crippen molar-refractivity contribution in [1.29, 1.82) is 0 Å². The van der Waals surface area contributed by atoms with E-state index in [1.165, 1.54) is 0 Å². The Balaban J connectivity index is 2.34. The van der Waals surface area contributed by atoms with Crippen molar-refractivity contribution in [1.82, 2.24) is 14.9 Å². The summed E-state index contributed by atoms with van der Waals surface area (Å²) in [5.41, 5.74) is 0. The van der Waals surface area contributed by atoms with Crippen LogP contribution in [0, 0.1) is 5.92 Å². The molecule has 1 unspecified atom stereocenters. The molecule has 4 heteroatoms. The Kier molecular flexibility index (Phi) is 6.98. The van der Waals surface area contributed by atoms with Crippen molar-refractivity contribution in [2.75, 3.05) is 6.54 Å². The predicted octanol–water partition coefficient (Wildman–Crippen LogP) is 2.18. The molecule has 0 bridgehead atoms. The van der Waals surface area contributed by atoms with Gasteiger partial charge in [-0.15, -0.1) is 0 Å². The Morgan fingerprint density at radius 2 is 2.06 bits per heavy atom. The van der Waals surface area contributed by atoms with Crippen molar-refractivity contribution in [2.24, 2.45) is 5.92 Å². The van der Waals surface area contributed by atoms with Crippen molar-refractivity contribution in [3.8, 4) is 0 Å². The molecule has 1 atom stereocenters. The minimum atomic E-state index is -0.255. The van der Waals surface area contributed by atoms with E-state index in [2.05, 4.69) is 35.6 Å². The fourth-order valence-electron chi connectivity index (χ4n) is 2.28. The topological polar surface area (TPSA) is 50.1 Å². The highest BCUT2D eigenvalue weighted by Gasteiger charge is 2.14. The van der Waals surface area contributed by atoms with Crippen LogP contribution < -0.4 is 5.32 Å². The van der Waals surface area contributed by atoms with Gasteiger partial charge in [0.15, 0.2) is 0 Å². The van der Waals surface area contributed by atoms with Gasteiger partial charge in [0.2, 0.25) is 0 Å². The molecule has 0 aliphatic rings. The number of rotatable bonds is 9. The van der Waals surface area contributed by atoms with Crippen molar-refractivity contribution in [3.63, 3.8) is 0 Å². The van der Waals surface area contributed by atoms with Crippen LogP contribution in [0.5, 0.6) is 0 Å². The number of hydrogen-bond donors (Lipinski definition) is 2. The highest BCUT2D eigenvalue weighted by Crippen LogP contribution is 2.12. The third-order valence-electron chi connectivity index (χ3n) is 3.50. The van der Waals surface area contributed by atoms with Gasteiger partial charge >= 0.3 is 0 Å². The monoisotopic (exact) mass is 253 g/mol. The Bertz CT molecular complexity index is 321. The Labute approximate surface area is 110 Å². The molecule has 1 rings (SSSR count). The number of hydrogen-bond acceptors (Lipinski definition) is 3. The lowest BCUT2D eigenvalue weighted by atomic mass is 9.97. The number of aliphatic hydroxyl groups excluding tert-OH is 1. The average Bonchev–Trinajstić information content (AvgIpc) is 2.79. The number of aromatic nitrogens is 2. The second-order valence-electron chi connectivity index (χ2n) is 4.81. The van der Waals surface area contributed by atoms with Gasteiger partial charge < -0.3 is 15.0 Å². The molecule has 0 aliphatic carbocycles. The van der Waals surface area contributed by atoms with Crippen LogP contribution in [0.25, 0.3) is 0 Å². The van der Waals surface area contributed by atoms with E-state index in [-0.39, 0.29) is 6.10 Å². The van der Waals surface area contributed by atoms with Crippen LogP contribution in [0.15, 0.2) is 12.4 Å². The van der Waals surface area contributed by atoms with Crippen LogP contribution in [0.3, 0.4) is 0 Å². The molecular formula is C14H27N3O. The van der Waals surface area contributed by atoms with Gasteiger partial charge in [-0.2, -0.15) is 0 Å². The zero-order valence-corrected chi connectivity index (χ0v) is 11.9. The molecule has 0 radical (unpaired) electrons. The summed E-state index contributed by atoms with van der Waals surface area (Å²) in [6, 6.07) is 0. The summed E-state index contributed by atoms with van der Waals surface area (Å²) < 4.78 is 2.16. The first kappa shape index (κ1) is 15.2. The summed E-state index contributed by atoms with van der Waals surface area (Å²) >= 11 is 0. The van der Waals surface area contributed by atoms with E-state index in [9.17, 15) is 5.11 Å². The molecule has 0 saturated carbocycles. The summed E-state index contributed by atoms with van der Waals surface area (Å²) in [7, 11) is 0. The van der Waals surface area contributed by atoms with Crippen molar-refractivity contribution in [3.05, 3.63) is 18.2 Å². The van der Waals surface area contributed by atoms with Gasteiger partial charge in [-0.25, -0.2) is 4.98 Å². The van der Waals surface area contributed by atoms with Crippen LogP contribution in [0.1, 0.15) is 45.9 Å². The lowest BCUT2D eigenvalue weighted by molar-refractivity contribution is 0.101. The zero-order chi connectivity index (χ0) is 13.4. The first-order chi connectivity index (χ1) is 8.72. The maximum Gasteiger partial charge on any atom is 0.122 e. The molecule has 2 N–H and O–H groups in total. The second kappa shape index (κ2) is 8.27. The molecule has 1 heterocycles. The smallest absolute Gasteiger partial charge is 0.122 e. The third kappa shape index (κ3) is 4.42. The first-order valence-electron chi connectivity index (χ1n) is 7.11. The number of nitrogens with one attached hydrogen (secondary N) is 1. The first-order valence-corrected chi connectivity index (χ1v) is 7.11. The van der Waals surface area contributed by atoms with Crippen molar-refractivity contribution in [2.45, 2.75) is 59.2 Å². The quantitative estimate of drug-likeness (QED) is 0.709. The van der Waals surface area contributed by atoms with E-state index >= 15 is 0 Å². The Morgan fingerprint density at radius 3 is 2.67 bits per heavy atom. The van der Waals surface area contributed by atoms with E-state index in [1.54, 1.807) is 0 Å². The van der Waals surface area contributed by atoms with Crippen LogP contribution in [-0.2, 0) is 13.1 Å². The van der Waals surface area contributed by atoms with Crippen LogP contribution in [-0.4, -0.2) is 27.3 Å². The highest BCUT2D eigenvalue weighted by atomic mass is 16.3. The fourth-order valence-corrected chi connectivity index (χ4v) is 2.28. The summed E-state index contributed by atoms with van der Waals surface area (Å²) in [4.78, 5) is 4.34. The predicted molar refractivity (Wildman–Crippen MR) is 74.3 cm³/mol. The molecule has 0 fully saturated rings. The number of nitrogens with zero attached hydrogens (tertiary/aromatic N) is 2. The second-order valence-corrected chi connectivity index (χ2v) is 4.81. The van der Waals surface area contributed by atoms with Crippen molar-refractivity contribution < 1.29 is 5.11 Å². The fraction of sp³-hybridized carbons (Fsp3) is 0.786. The number of imidazole rings is 1. The van der Waals surface area contributed by atoms with Crippen LogP contribution in [0.2, 0.25) is 0 Å². The molecular weight excluding hydrogens is 226 g/mol. The van der Waals surface area contributed by atoms with E-state index in [4.69, 9.17) is 0 Å². The zero-order valence-electron chi connectivity index (χ0n) is 11.9. The van der Waals surface area contributed by atoms with Gasteiger partial charge in [0.25, 0.3) is 0 Å². The van der Waals surface area contributed by atoms with Crippen LogP contribution in [0.4, 0.5) is 0 Å². The standard InChI is InChI=1S/C14H27N3O/c1-4-8-17-9-7-16-14(17)11-15-10-13(18)12(5-2)6-3/h7,9,12-13,15,18H,4-6,8,10-11H2,1-3H3. The molecule has 0 saturated heterocycles. The number of aliphatic hydroxyl groups is 1. The van der Waals surface area contributed by atoms with Gasteiger partial charge in [-0.3, -0.25) is 0 Å². The lowest BCUT2D eigenvalue weighted by Gasteiger charge is -2.20. The van der Waals surface area contributed by atoms with E-state index in [0.29, 0.717) is 12.5 Å².